The van der Waals surface area contributed by atoms with Gasteiger partial charge in [0.1, 0.15) is 22.0 Å². The van der Waals surface area contributed by atoms with Crippen molar-refractivity contribution in [2.45, 2.75) is 19.5 Å². The number of carbonyl (C=O) groups excluding carboxylic acids is 1. The van der Waals surface area contributed by atoms with Crippen molar-refractivity contribution in [3.05, 3.63) is 86.4 Å². The second-order valence-corrected chi connectivity index (χ2v) is 7.66. The third kappa shape index (κ3) is 4.38. The number of ether oxygens (including phenoxy) is 2. The van der Waals surface area contributed by atoms with Crippen molar-refractivity contribution in [1.82, 2.24) is 0 Å². The topological polar surface area (TPSA) is 65.7 Å². The van der Waals surface area contributed by atoms with Crippen LogP contribution in [0.4, 0.5) is 13.2 Å². The predicted octanol–water partition coefficient (Wildman–Crippen LogP) is 6.45. The van der Waals surface area contributed by atoms with Gasteiger partial charge < -0.3 is 13.9 Å². The molecule has 0 bridgehead atoms. The van der Waals surface area contributed by atoms with Crippen LogP contribution in [-0.4, -0.2) is 5.97 Å². The SMILES string of the molecule is CCc1ccc(Oc2c(C(F)(F)F)oc3cc(OC(=O)c4cccs4)ccc3c2=O)cc1. The molecule has 9 heteroatoms. The zero-order valence-electron chi connectivity index (χ0n) is 16.6. The fourth-order valence-electron chi connectivity index (χ4n) is 2.96. The number of aryl methyl sites for hydroxylation is 1. The van der Waals surface area contributed by atoms with Crippen molar-refractivity contribution in [2.24, 2.45) is 0 Å². The minimum atomic E-state index is -4.99. The summed E-state index contributed by atoms with van der Waals surface area (Å²) in [7, 11) is 0. The number of alkyl halides is 3. The van der Waals surface area contributed by atoms with Crippen LogP contribution < -0.4 is 14.9 Å². The molecule has 2 heterocycles. The zero-order valence-corrected chi connectivity index (χ0v) is 17.4. The number of fused-ring (bicyclic) bond motifs is 1. The molecule has 2 aromatic carbocycles. The summed E-state index contributed by atoms with van der Waals surface area (Å²) < 4.78 is 56.5. The molecule has 4 aromatic rings. The Morgan fingerprint density at radius 3 is 2.41 bits per heavy atom. The standard InChI is InChI=1S/C23H15F3O5S/c1-2-13-5-7-14(8-6-13)29-20-19(27)16-10-9-15(30-22(28)18-4-3-11-32-18)12-17(16)31-21(20)23(24,25)26/h3-12H,2H2,1H3. The number of hydrogen-bond donors (Lipinski definition) is 0. The molecule has 0 aliphatic rings. The van der Waals surface area contributed by atoms with E-state index in [0.29, 0.717) is 4.88 Å². The van der Waals surface area contributed by atoms with Crippen LogP contribution in [0.3, 0.4) is 0 Å². The fraction of sp³-hybridized carbons (Fsp3) is 0.130. The Kier molecular flexibility index (Phi) is 5.75. The van der Waals surface area contributed by atoms with E-state index < -0.39 is 29.1 Å². The molecule has 2 aromatic heterocycles. The van der Waals surface area contributed by atoms with Gasteiger partial charge in [0.2, 0.25) is 11.2 Å². The van der Waals surface area contributed by atoms with Gasteiger partial charge >= 0.3 is 12.1 Å². The van der Waals surface area contributed by atoms with Crippen LogP contribution in [0.1, 0.15) is 27.9 Å². The van der Waals surface area contributed by atoms with Crippen molar-refractivity contribution in [2.75, 3.05) is 0 Å². The number of halogens is 3. The monoisotopic (exact) mass is 460 g/mol. The summed E-state index contributed by atoms with van der Waals surface area (Å²) in [4.78, 5) is 25.3. The van der Waals surface area contributed by atoms with Crippen molar-refractivity contribution in [3.8, 4) is 17.2 Å². The third-order valence-electron chi connectivity index (χ3n) is 4.56. The van der Waals surface area contributed by atoms with Gasteiger partial charge in [-0.3, -0.25) is 4.79 Å². The smallest absolute Gasteiger partial charge is 0.449 e. The molecular formula is C23H15F3O5S. The number of thiophene rings is 1. The molecule has 0 fully saturated rings. The first-order valence-electron chi connectivity index (χ1n) is 9.47. The molecular weight excluding hydrogens is 445 g/mol. The fourth-order valence-corrected chi connectivity index (χ4v) is 3.56. The van der Waals surface area contributed by atoms with E-state index in [2.05, 4.69) is 0 Å². The summed E-state index contributed by atoms with van der Waals surface area (Å²) in [5.41, 5.74) is -0.412. The summed E-state index contributed by atoms with van der Waals surface area (Å²) in [5, 5.41) is 1.54. The predicted molar refractivity (Wildman–Crippen MR) is 113 cm³/mol. The summed E-state index contributed by atoms with van der Waals surface area (Å²) in [6.45, 7) is 1.93. The van der Waals surface area contributed by atoms with Crippen LogP contribution in [0.5, 0.6) is 17.2 Å². The van der Waals surface area contributed by atoms with E-state index in [1.54, 1.807) is 29.6 Å². The molecule has 0 amide bonds. The molecule has 0 saturated carbocycles. The van der Waals surface area contributed by atoms with Crippen molar-refractivity contribution in [1.29, 1.82) is 0 Å². The van der Waals surface area contributed by atoms with Gasteiger partial charge in [0.15, 0.2) is 0 Å². The maximum Gasteiger partial charge on any atom is 0.453 e. The highest BCUT2D eigenvalue weighted by molar-refractivity contribution is 7.12. The second-order valence-electron chi connectivity index (χ2n) is 6.71. The summed E-state index contributed by atoms with van der Waals surface area (Å²) in [6.07, 6.45) is -4.25. The lowest BCUT2D eigenvalue weighted by molar-refractivity contribution is -0.154. The lowest BCUT2D eigenvalue weighted by Gasteiger charge is -2.14. The van der Waals surface area contributed by atoms with Crippen molar-refractivity contribution in [3.63, 3.8) is 0 Å². The zero-order chi connectivity index (χ0) is 22.9. The Morgan fingerprint density at radius 1 is 1.06 bits per heavy atom. The lowest BCUT2D eigenvalue weighted by Crippen LogP contribution is -2.15. The molecule has 0 unspecified atom stereocenters. The van der Waals surface area contributed by atoms with Gasteiger partial charge in [0.05, 0.1) is 5.39 Å². The van der Waals surface area contributed by atoms with Crippen LogP contribution in [0.15, 0.2) is 69.2 Å². The Balaban J connectivity index is 1.76. The van der Waals surface area contributed by atoms with Crippen LogP contribution >= 0.6 is 11.3 Å². The first-order chi connectivity index (χ1) is 15.3. The maximum absolute atomic E-state index is 13.7. The lowest BCUT2D eigenvalue weighted by atomic mass is 10.1. The number of esters is 1. The molecule has 0 aliphatic carbocycles. The Morgan fingerprint density at radius 2 is 1.78 bits per heavy atom. The van der Waals surface area contributed by atoms with Crippen molar-refractivity contribution < 1.29 is 31.9 Å². The van der Waals surface area contributed by atoms with Crippen LogP contribution in [0, 0.1) is 0 Å². The normalized spacial score (nSPS) is 11.5. The van der Waals surface area contributed by atoms with Gasteiger partial charge in [-0.1, -0.05) is 25.1 Å². The number of benzene rings is 2. The molecule has 164 valence electrons. The third-order valence-corrected chi connectivity index (χ3v) is 5.41. The Labute approximate surface area is 183 Å². The number of rotatable bonds is 5. The van der Waals surface area contributed by atoms with Crippen molar-refractivity contribution >= 4 is 28.3 Å². The molecule has 0 saturated heterocycles. The molecule has 4 rings (SSSR count). The van der Waals surface area contributed by atoms with E-state index in [0.717, 1.165) is 29.4 Å². The van der Waals surface area contributed by atoms with E-state index in [1.807, 2.05) is 6.92 Å². The minimum Gasteiger partial charge on any atom is -0.449 e. The van der Waals surface area contributed by atoms with Gasteiger partial charge in [-0.15, -0.1) is 11.3 Å². The molecule has 0 N–H and O–H groups in total. The van der Waals surface area contributed by atoms with Gasteiger partial charge in [-0.05, 0) is 47.7 Å². The first-order valence-corrected chi connectivity index (χ1v) is 10.3. The van der Waals surface area contributed by atoms with Crippen LogP contribution in [0.2, 0.25) is 0 Å². The van der Waals surface area contributed by atoms with Gasteiger partial charge in [-0.25, -0.2) is 4.79 Å². The highest BCUT2D eigenvalue weighted by atomic mass is 32.1. The average Bonchev–Trinajstić information content (AvgIpc) is 3.30. The largest absolute Gasteiger partial charge is 0.453 e. The average molecular weight is 460 g/mol. The van der Waals surface area contributed by atoms with E-state index in [9.17, 15) is 22.8 Å². The quantitative estimate of drug-likeness (QED) is 0.253. The van der Waals surface area contributed by atoms with Gasteiger partial charge in [0.25, 0.3) is 5.76 Å². The minimum absolute atomic E-state index is 0.0593. The summed E-state index contributed by atoms with van der Waals surface area (Å²) >= 11 is 1.15. The molecule has 0 spiro atoms. The van der Waals surface area contributed by atoms with Gasteiger partial charge in [0, 0.05) is 6.07 Å². The number of hydrogen-bond acceptors (Lipinski definition) is 6. The number of carbonyl (C=O) groups is 1. The Bertz CT molecular complexity index is 1320. The molecule has 0 atom stereocenters. The summed E-state index contributed by atoms with van der Waals surface area (Å²) in [5.74, 6) is -3.20. The van der Waals surface area contributed by atoms with E-state index in [1.165, 1.54) is 24.3 Å². The highest BCUT2D eigenvalue weighted by Crippen LogP contribution is 2.38. The van der Waals surface area contributed by atoms with E-state index in [4.69, 9.17) is 13.9 Å². The van der Waals surface area contributed by atoms with E-state index in [-0.39, 0.29) is 22.5 Å². The van der Waals surface area contributed by atoms with Crippen LogP contribution in [-0.2, 0) is 12.6 Å². The molecule has 0 aliphatic heterocycles. The molecule has 0 radical (unpaired) electrons. The molecule has 32 heavy (non-hydrogen) atoms. The first kappa shape index (κ1) is 21.6. The summed E-state index contributed by atoms with van der Waals surface area (Å²) in [6, 6.07) is 13.2. The second kappa shape index (κ2) is 8.51. The maximum atomic E-state index is 13.7. The van der Waals surface area contributed by atoms with Crippen LogP contribution in [0.25, 0.3) is 11.0 Å². The highest BCUT2D eigenvalue weighted by Gasteiger charge is 2.40. The molecule has 5 nitrogen and oxygen atoms in total. The van der Waals surface area contributed by atoms with E-state index >= 15 is 0 Å². The Hall–Kier alpha value is -3.59. The van der Waals surface area contributed by atoms with Gasteiger partial charge in [-0.2, -0.15) is 13.2 Å².